The van der Waals surface area contributed by atoms with Gasteiger partial charge < -0.3 is 0 Å². The smallest absolute Gasteiger partial charge is 0.0332 e. The van der Waals surface area contributed by atoms with Crippen LogP contribution in [0.3, 0.4) is 0 Å². The minimum atomic E-state index is 0.855. The van der Waals surface area contributed by atoms with Crippen LogP contribution in [0, 0.1) is 76.9 Å². The molecule has 3 rings (SSSR count). The monoisotopic (exact) mass is 501 g/mol. The molecule has 3 saturated carbocycles. The lowest BCUT2D eigenvalue weighted by Crippen LogP contribution is -2.40. The van der Waals surface area contributed by atoms with Crippen molar-refractivity contribution in [3.8, 4) is 0 Å². The van der Waals surface area contributed by atoms with E-state index in [1.165, 1.54) is 89.9 Å². The minimum Gasteiger partial charge on any atom is -0.0654 e. The first kappa shape index (κ1) is 30.5. The summed E-state index contributed by atoms with van der Waals surface area (Å²) in [5.74, 6) is 12.5. The molecule has 0 aliphatic heterocycles. The molecule has 0 aromatic heterocycles. The third-order valence-corrected chi connectivity index (χ3v) is 12.3. The molecule has 0 heteroatoms. The number of rotatable bonds is 11. The number of hydrogen-bond acceptors (Lipinski definition) is 0. The topological polar surface area (TPSA) is 0 Å². The molecule has 0 spiro atoms. The molecule has 0 saturated heterocycles. The average molecular weight is 501 g/mol. The highest BCUT2D eigenvalue weighted by molar-refractivity contribution is 4.92. The summed E-state index contributed by atoms with van der Waals surface area (Å²) in [5.41, 5.74) is 0. The maximum Gasteiger partial charge on any atom is -0.0332 e. The van der Waals surface area contributed by atoms with Crippen molar-refractivity contribution in [1.82, 2.24) is 0 Å². The predicted molar refractivity (Wildman–Crippen MR) is 161 cm³/mol. The summed E-state index contributed by atoms with van der Waals surface area (Å²) in [4.78, 5) is 0. The van der Waals surface area contributed by atoms with Crippen LogP contribution in [0.2, 0.25) is 0 Å². The van der Waals surface area contributed by atoms with E-state index in [9.17, 15) is 0 Å². The minimum absolute atomic E-state index is 0.855. The molecular formula is C36H68. The number of unbranched alkanes of at least 4 members (excludes halogenated alkanes) is 3. The van der Waals surface area contributed by atoms with E-state index < -0.39 is 0 Å². The van der Waals surface area contributed by atoms with Gasteiger partial charge in [-0.05, 0) is 115 Å². The van der Waals surface area contributed by atoms with Crippen molar-refractivity contribution >= 4 is 0 Å². The maximum absolute atomic E-state index is 2.66. The molecule has 212 valence electrons. The van der Waals surface area contributed by atoms with Crippen molar-refractivity contribution in [2.24, 2.45) is 76.9 Å². The molecule has 6 unspecified atom stereocenters. The van der Waals surface area contributed by atoms with Crippen molar-refractivity contribution in [2.75, 3.05) is 0 Å². The van der Waals surface area contributed by atoms with Crippen LogP contribution >= 0.6 is 0 Å². The summed E-state index contributed by atoms with van der Waals surface area (Å²) in [6.45, 7) is 22.8. The quantitative estimate of drug-likeness (QED) is 0.247. The van der Waals surface area contributed by atoms with Gasteiger partial charge in [-0.15, -0.1) is 0 Å². The van der Waals surface area contributed by atoms with Crippen LogP contribution < -0.4 is 0 Å². The van der Waals surface area contributed by atoms with E-state index in [1.54, 1.807) is 0 Å². The summed E-state index contributed by atoms with van der Waals surface area (Å²) in [5, 5.41) is 0. The molecule has 0 heterocycles. The van der Waals surface area contributed by atoms with E-state index in [-0.39, 0.29) is 0 Å². The second kappa shape index (κ2) is 14.4. The van der Waals surface area contributed by atoms with E-state index in [0.717, 1.165) is 76.9 Å². The fourth-order valence-corrected chi connectivity index (χ4v) is 10.4. The van der Waals surface area contributed by atoms with Crippen molar-refractivity contribution < 1.29 is 0 Å². The lowest BCUT2D eigenvalue weighted by molar-refractivity contribution is 0.0128. The Kier molecular flexibility index (Phi) is 12.2. The van der Waals surface area contributed by atoms with Crippen molar-refractivity contribution in [2.45, 2.75) is 152 Å². The third-order valence-electron chi connectivity index (χ3n) is 12.3. The summed E-state index contributed by atoms with van der Waals surface area (Å²) >= 11 is 0. The number of hydrogen-bond donors (Lipinski definition) is 0. The summed E-state index contributed by atoms with van der Waals surface area (Å²) in [7, 11) is 0. The molecule has 0 radical (unpaired) electrons. The first-order valence-corrected chi connectivity index (χ1v) is 17.1. The molecule has 3 aliphatic carbocycles. The Morgan fingerprint density at radius 2 is 1.08 bits per heavy atom. The average Bonchev–Trinajstić information content (AvgIpc) is 2.81. The Bertz CT molecular complexity index is 573. The SMILES string of the molecule is CCCCCC[C@@H]1CCC(C2C(C)CC(CCC3CC(C(C)C)C(C)C(C(C)C)C3)CC2C)C(C)C1. The summed E-state index contributed by atoms with van der Waals surface area (Å²) in [6.07, 6.45) is 21.0. The summed E-state index contributed by atoms with van der Waals surface area (Å²) < 4.78 is 0. The Labute approximate surface area is 228 Å². The van der Waals surface area contributed by atoms with Gasteiger partial charge in [-0.1, -0.05) is 114 Å². The first-order chi connectivity index (χ1) is 17.1. The van der Waals surface area contributed by atoms with Crippen molar-refractivity contribution in [1.29, 1.82) is 0 Å². The second-order valence-electron chi connectivity index (χ2n) is 15.6. The molecule has 3 aliphatic rings. The van der Waals surface area contributed by atoms with Gasteiger partial charge in [-0.2, -0.15) is 0 Å². The standard InChI is InChI=1S/C36H68/c1-10-11-12-13-14-30-17-18-33(26(6)19-30)36-27(7)20-31(21-28(36)8)15-16-32-22-34(24(2)3)29(9)35(23-32)25(4)5/h24-36H,10-23H2,1-9H3/t26?,27?,28?,29?,30-,31?,32?,33?,34?,35?,36?/m1/s1. The largest absolute Gasteiger partial charge is 0.0654 e. The molecule has 0 N–H and O–H groups in total. The van der Waals surface area contributed by atoms with Gasteiger partial charge in [-0.3, -0.25) is 0 Å². The maximum atomic E-state index is 2.66. The zero-order valence-electron chi connectivity index (χ0n) is 26.4. The molecule has 7 atom stereocenters. The van der Waals surface area contributed by atoms with Gasteiger partial charge in [0.1, 0.15) is 0 Å². The molecular weight excluding hydrogens is 432 g/mol. The Hall–Kier alpha value is 0. The molecule has 0 nitrogen and oxygen atoms in total. The summed E-state index contributed by atoms with van der Waals surface area (Å²) in [6, 6.07) is 0. The molecule has 3 fully saturated rings. The molecule has 0 bridgehead atoms. The van der Waals surface area contributed by atoms with Crippen LogP contribution in [0.15, 0.2) is 0 Å². The van der Waals surface area contributed by atoms with Gasteiger partial charge in [0.15, 0.2) is 0 Å². The van der Waals surface area contributed by atoms with Gasteiger partial charge in [-0.25, -0.2) is 0 Å². The highest BCUT2D eigenvalue weighted by Gasteiger charge is 2.42. The Morgan fingerprint density at radius 1 is 0.556 bits per heavy atom. The van der Waals surface area contributed by atoms with Gasteiger partial charge in [0, 0.05) is 0 Å². The lowest BCUT2D eigenvalue weighted by Gasteiger charge is -2.48. The van der Waals surface area contributed by atoms with Gasteiger partial charge in [0.05, 0.1) is 0 Å². The van der Waals surface area contributed by atoms with Crippen molar-refractivity contribution in [3.63, 3.8) is 0 Å². The van der Waals surface area contributed by atoms with Crippen LogP contribution in [-0.4, -0.2) is 0 Å². The van der Waals surface area contributed by atoms with E-state index in [0.29, 0.717) is 0 Å². The van der Waals surface area contributed by atoms with Crippen LogP contribution in [-0.2, 0) is 0 Å². The second-order valence-corrected chi connectivity index (χ2v) is 15.6. The zero-order chi connectivity index (χ0) is 26.4. The van der Waals surface area contributed by atoms with E-state index in [2.05, 4.69) is 62.3 Å². The Morgan fingerprint density at radius 3 is 1.58 bits per heavy atom. The fraction of sp³-hybridized carbons (Fsp3) is 1.00. The van der Waals surface area contributed by atoms with Gasteiger partial charge >= 0.3 is 0 Å². The molecule has 36 heavy (non-hydrogen) atoms. The Balaban J connectivity index is 1.48. The van der Waals surface area contributed by atoms with Gasteiger partial charge in [0.2, 0.25) is 0 Å². The highest BCUT2D eigenvalue weighted by Crippen LogP contribution is 2.51. The van der Waals surface area contributed by atoms with E-state index in [4.69, 9.17) is 0 Å². The third kappa shape index (κ3) is 8.01. The normalized spacial score (nSPS) is 42.2. The van der Waals surface area contributed by atoms with Crippen LogP contribution in [0.25, 0.3) is 0 Å². The molecule has 0 amide bonds. The zero-order valence-corrected chi connectivity index (χ0v) is 26.4. The highest BCUT2D eigenvalue weighted by atomic mass is 14.5. The van der Waals surface area contributed by atoms with Gasteiger partial charge in [0.25, 0.3) is 0 Å². The van der Waals surface area contributed by atoms with Crippen molar-refractivity contribution in [3.05, 3.63) is 0 Å². The van der Waals surface area contributed by atoms with Crippen LogP contribution in [0.1, 0.15) is 152 Å². The van der Waals surface area contributed by atoms with Crippen LogP contribution in [0.5, 0.6) is 0 Å². The van der Waals surface area contributed by atoms with E-state index >= 15 is 0 Å². The fourth-order valence-electron chi connectivity index (χ4n) is 10.4. The lowest BCUT2D eigenvalue weighted by atomic mass is 9.57. The molecule has 0 aromatic rings. The van der Waals surface area contributed by atoms with Crippen LogP contribution in [0.4, 0.5) is 0 Å². The predicted octanol–water partition coefficient (Wildman–Crippen LogP) is 11.7. The van der Waals surface area contributed by atoms with E-state index in [1.807, 2.05) is 0 Å². The first-order valence-electron chi connectivity index (χ1n) is 17.1. The molecule has 0 aromatic carbocycles.